The van der Waals surface area contributed by atoms with E-state index in [-0.39, 0.29) is 18.1 Å². The number of benzene rings is 1. The van der Waals surface area contributed by atoms with E-state index in [1.165, 1.54) is 12.1 Å². The molecule has 2 aliphatic rings. The van der Waals surface area contributed by atoms with Gasteiger partial charge < -0.3 is 15.8 Å². The van der Waals surface area contributed by atoms with Gasteiger partial charge in [0, 0.05) is 30.3 Å². The highest BCUT2D eigenvalue weighted by atomic mass is 19.4. The van der Waals surface area contributed by atoms with Gasteiger partial charge in [-0.25, -0.2) is 0 Å². The van der Waals surface area contributed by atoms with Crippen LogP contribution in [0.3, 0.4) is 0 Å². The van der Waals surface area contributed by atoms with Crippen LogP contribution in [0.15, 0.2) is 18.2 Å². The van der Waals surface area contributed by atoms with Crippen LogP contribution in [-0.2, 0) is 10.9 Å². The van der Waals surface area contributed by atoms with Crippen LogP contribution in [0, 0.1) is 5.92 Å². The minimum atomic E-state index is -4.33. The molecule has 0 spiro atoms. The van der Waals surface area contributed by atoms with Crippen molar-refractivity contribution >= 4 is 5.69 Å². The molecule has 3 unspecified atom stereocenters. The van der Waals surface area contributed by atoms with Crippen LogP contribution in [0.2, 0.25) is 0 Å². The van der Waals surface area contributed by atoms with Gasteiger partial charge in [0.15, 0.2) is 0 Å². The SMILES string of the molecule is NCC1CCC2CNc3ccc(C(F)(F)F)cc3C2O1. The van der Waals surface area contributed by atoms with Crippen molar-refractivity contribution in [3.8, 4) is 0 Å². The number of nitrogens with one attached hydrogen (secondary N) is 1. The minimum absolute atomic E-state index is 0.0586. The average molecular weight is 286 g/mol. The maximum Gasteiger partial charge on any atom is 0.416 e. The average Bonchev–Trinajstić information content (AvgIpc) is 2.45. The molecule has 3 atom stereocenters. The topological polar surface area (TPSA) is 47.3 Å². The number of fused-ring (bicyclic) bond motifs is 3. The summed E-state index contributed by atoms with van der Waals surface area (Å²) < 4.78 is 44.4. The summed E-state index contributed by atoms with van der Waals surface area (Å²) in [5, 5.41) is 3.19. The molecule has 0 bridgehead atoms. The summed E-state index contributed by atoms with van der Waals surface area (Å²) in [6.45, 7) is 1.14. The van der Waals surface area contributed by atoms with Crippen molar-refractivity contribution in [3.05, 3.63) is 29.3 Å². The van der Waals surface area contributed by atoms with Gasteiger partial charge in [0.1, 0.15) is 0 Å². The second-order valence-electron chi connectivity index (χ2n) is 5.43. The fraction of sp³-hybridized carbons (Fsp3) is 0.571. The largest absolute Gasteiger partial charge is 0.416 e. The van der Waals surface area contributed by atoms with E-state index in [2.05, 4.69) is 5.32 Å². The highest BCUT2D eigenvalue weighted by molar-refractivity contribution is 5.56. The predicted octanol–water partition coefficient (Wildman–Crippen LogP) is 2.93. The van der Waals surface area contributed by atoms with E-state index in [0.29, 0.717) is 12.1 Å². The first kappa shape index (κ1) is 13.7. The number of ether oxygens (including phenoxy) is 1. The van der Waals surface area contributed by atoms with Crippen LogP contribution in [0.1, 0.15) is 30.1 Å². The van der Waals surface area contributed by atoms with Gasteiger partial charge in [0.2, 0.25) is 0 Å². The van der Waals surface area contributed by atoms with E-state index in [1.54, 1.807) is 0 Å². The summed E-state index contributed by atoms with van der Waals surface area (Å²) in [7, 11) is 0. The van der Waals surface area contributed by atoms with Crippen LogP contribution in [0.25, 0.3) is 0 Å². The normalized spacial score (nSPS) is 29.3. The van der Waals surface area contributed by atoms with E-state index in [9.17, 15) is 13.2 Å². The third-order valence-electron chi connectivity index (χ3n) is 4.13. The molecule has 20 heavy (non-hydrogen) atoms. The molecule has 1 fully saturated rings. The molecule has 0 aromatic heterocycles. The zero-order valence-corrected chi connectivity index (χ0v) is 10.9. The second kappa shape index (κ2) is 4.93. The molecule has 1 aromatic carbocycles. The molecule has 1 saturated heterocycles. The first-order chi connectivity index (χ1) is 9.49. The summed E-state index contributed by atoms with van der Waals surface area (Å²) in [6, 6.07) is 3.80. The predicted molar refractivity (Wildman–Crippen MR) is 69.3 cm³/mol. The van der Waals surface area contributed by atoms with E-state index < -0.39 is 11.7 Å². The molecule has 2 aliphatic heterocycles. The number of hydrogen-bond donors (Lipinski definition) is 2. The van der Waals surface area contributed by atoms with Gasteiger partial charge in [-0.2, -0.15) is 13.2 Å². The molecule has 0 amide bonds. The Balaban J connectivity index is 1.96. The lowest BCUT2D eigenvalue weighted by atomic mass is 9.83. The summed E-state index contributed by atoms with van der Waals surface area (Å²) >= 11 is 0. The van der Waals surface area contributed by atoms with Crippen molar-refractivity contribution in [2.75, 3.05) is 18.4 Å². The summed E-state index contributed by atoms with van der Waals surface area (Å²) in [4.78, 5) is 0. The zero-order chi connectivity index (χ0) is 14.3. The lowest BCUT2D eigenvalue weighted by Gasteiger charge is -2.41. The smallest absolute Gasteiger partial charge is 0.384 e. The van der Waals surface area contributed by atoms with Crippen molar-refractivity contribution in [1.82, 2.24) is 0 Å². The molecule has 0 radical (unpaired) electrons. The summed E-state index contributed by atoms with van der Waals surface area (Å²) in [5.74, 6) is 0.216. The molecule has 110 valence electrons. The lowest BCUT2D eigenvalue weighted by molar-refractivity contribution is -0.137. The first-order valence-electron chi connectivity index (χ1n) is 6.79. The van der Waals surface area contributed by atoms with Gasteiger partial charge in [0.25, 0.3) is 0 Å². The molecular formula is C14H17F3N2O. The quantitative estimate of drug-likeness (QED) is 0.834. The molecule has 0 aliphatic carbocycles. The summed E-state index contributed by atoms with van der Waals surface area (Å²) in [6.07, 6.45) is -2.88. The van der Waals surface area contributed by atoms with Gasteiger partial charge in [-0.05, 0) is 31.0 Å². The van der Waals surface area contributed by atoms with E-state index >= 15 is 0 Å². The Hall–Kier alpha value is -1.27. The molecule has 1 aromatic rings. The number of anilines is 1. The second-order valence-corrected chi connectivity index (χ2v) is 5.43. The van der Waals surface area contributed by atoms with Crippen LogP contribution in [0.4, 0.5) is 18.9 Å². The maximum atomic E-state index is 12.8. The number of alkyl halides is 3. The number of rotatable bonds is 1. The number of hydrogen-bond acceptors (Lipinski definition) is 3. The first-order valence-corrected chi connectivity index (χ1v) is 6.79. The van der Waals surface area contributed by atoms with Gasteiger partial charge >= 0.3 is 6.18 Å². The Morgan fingerprint density at radius 3 is 2.80 bits per heavy atom. The molecule has 3 nitrogen and oxygen atoms in total. The van der Waals surface area contributed by atoms with Crippen LogP contribution >= 0.6 is 0 Å². The van der Waals surface area contributed by atoms with Gasteiger partial charge in [-0.1, -0.05) is 0 Å². The Morgan fingerprint density at radius 2 is 2.10 bits per heavy atom. The van der Waals surface area contributed by atoms with Gasteiger partial charge in [0.05, 0.1) is 17.8 Å². The third kappa shape index (κ3) is 2.38. The Morgan fingerprint density at radius 1 is 1.30 bits per heavy atom. The number of nitrogens with two attached hydrogens (primary N) is 1. The molecular weight excluding hydrogens is 269 g/mol. The van der Waals surface area contributed by atoms with Crippen molar-refractivity contribution < 1.29 is 17.9 Å². The Labute approximate surface area is 115 Å². The van der Waals surface area contributed by atoms with E-state index in [1.807, 2.05) is 0 Å². The monoisotopic (exact) mass is 286 g/mol. The minimum Gasteiger partial charge on any atom is -0.384 e. The van der Waals surface area contributed by atoms with Crippen LogP contribution in [0.5, 0.6) is 0 Å². The fourth-order valence-corrected chi connectivity index (χ4v) is 3.02. The molecule has 2 heterocycles. The zero-order valence-electron chi connectivity index (χ0n) is 10.9. The Kier molecular flexibility index (Phi) is 3.38. The van der Waals surface area contributed by atoms with Crippen molar-refractivity contribution in [3.63, 3.8) is 0 Å². The summed E-state index contributed by atoms with van der Waals surface area (Å²) in [5.41, 5.74) is 6.34. The van der Waals surface area contributed by atoms with Crippen LogP contribution < -0.4 is 11.1 Å². The van der Waals surface area contributed by atoms with Gasteiger partial charge in [-0.3, -0.25) is 0 Å². The number of halogens is 3. The third-order valence-corrected chi connectivity index (χ3v) is 4.13. The molecule has 6 heteroatoms. The van der Waals surface area contributed by atoms with E-state index in [0.717, 1.165) is 31.1 Å². The highest BCUT2D eigenvalue weighted by Crippen LogP contribution is 2.44. The fourth-order valence-electron chi connectivity index (χ4n) is 3.02. The van der Waals surface area contributed by atoms with Crippen molar-refractivity contribution in [2.24, 2.45) is 11.7 Å². The maximum absolute atomic E-state index is 12.8. The van der Waals surface area contributed by atoms with Gasteiger partial charge in [-0.15, -0.1) is 0 Å². The van der Waals surface area contributed by atoms with E-state index in [4.69, 9.17) is 10.5 Å². The molecule has 3 N–H and O–H groups in total. The van der Waals surface area contributed by atoms with Crippen molar-refractivity contribution in [1.29, 1.82) is 0 Å². The highest BCUT2D eigenvalue weighted by Gasteiger charge is 2.38. The molecule has 0 saturated carbocycles. The van der Waals surface area contributed by atoms with Crippen LogP contribution in [-0.4, -0.2) is 19.2 Å². The lowest BCUT2D eigenvalue weighted by Crippen LogP contribution is -2.39. The Bertz CT molecular complexity index is 504. The van der Waals surface area contributed by atoms with Crippen molar-refractivity contribution in [2.45, 2.75) is 31.2 Å². The standard InChI is InChI=1S/C14H17F3N2O/c15-14(16,17)9-2-4-12-11(5-9)13-8(7-19-12)1-3-10(6-18)20-13/h2,4-5,8,10,13,19H,1,3,6-7,18H2. The molecule has 3 rings (SSSR count).